The van der Waals surface area contributed by atoms with Crippen LogP contribution in [0.1, 0.15) is 26.7 Å². The van der Waals surface area contributed by atoms with Gasteiger partial charge in [0.15, 0.2) is 11.5 Å². The van der Waals surface area contributed by atoms with E-state index in [9.17, 15) is 30.6 Å². The number of thioether (sulfide) groups is 4. The zero-order valence-corrected chi connectivity index (χ0v) is 19.7. The minimum atomic E-state index is -0.599. The number of hydrogen-bond donors (Lipinski definition) is 0. The normalized spacial score (nSPS) is 13.1. The summed E-state index contributed by atoms with van der Waals surface area (Å²) in [4.78, 5) is 25.9. The van der Waals surface area contributed by atoms with Crippen molar-refractivity contribution in [2.45, 2.75) is 46.3 Å². The van der Waals surface area contributed by atoms with Gasteiger partial charge in [0.05, 0.1) is 28.1 Å². The van der Waals surface area contributed by atoms with E-state index in [1.165, 1.54) is 6.92 Å². The fourth-order valence-corrected chi connectivity index (χ4v) is 7.70. The van der Waals surface area contributed by atoms with Crippen molar-refractivity contribution in [3.05, 3.63) is 19.6 Å². The zero-order valence-electron chi connectivity index (χ0n) is 16.5. The second-order valence-corrected chi connectivity index (χ2v) is 10.6. The van der Waals surface area contributed by atoms with E-state index in [1.807, 2.05) is 31.2 Å². The molecule has 8 nitrogen and oxygen atoms in total. The highest BCUT2D eigenvalue weighted by molar-refractivity contribution is 8.26. The Balaban J connectivity index is 2.30. The molecule has 0 spiro atoms. The minimum Gasteiger partial charge on any atom is -0.424 e. The van der Waals surface area contributed by atoms with Crippen LogP contribution in [0.3, 0.4) is 0 Å². The first kappa shape index (κ1) is 23.7. The van der Waals surface area contributed by atoms with Crippen LogP contribution in [0, 0.1) is 45.3 Å². The predicted octanol–water partition coefficient (Wildman–Crippen LogP) is 5.23. The van der Waals surface area contributed by atoms with Crippen LogP contribution < -0.4 is 9.47 Å². The number of benzene rings is 1. The Morgan fingerprint density at radius 2 is 1.12 bits per heavy atom. The minimum absolute atomic E-state index is 0.117. The topological polar surface area (TPSA) is 148 Å². The van der Waals surface area contributed by atoms with Crippen LogP contribution in [0.25, 0.3) is 0 Å². The Bertz CT molecular complexity index is 1180. The van der Waals surface area contributed by atoms with Gasteiger partial charge in [-0.15, -0.1) is 0 Å². The Kier molecular flexibility index (Phi) is 7.45. The van der Waals surface area contributed by atoms with E-state index in [1.54, 1.807) is 0 Å². The van der Waals surface area contributed by atoms with Crippen molar-refractivity contribution < 1.29 is 19.1 Å². The molecule has 0 aliphatic carbocycles. The largest absolute Gasteiger partial charge is 0.424 e. The molecule has 2 heterocycles. The van der Waals surface area contributed by atoms with Gasteiger partial charge in [0.1, 0.15) is 35.4 Å². The summed E-state index contributed by atoms with van der Waals surface area (Å²) in [5.41, 5.74) is -0.235. The fourth-order valence-electron chi connectivity index (χ4n) is 2.54. The number of esters is 2. The molecule has 0 saturated carbocycles. The van der Waals surface area contributed by atoms with Gasteiger partial charge < -0.3 is 9.47 Å². The number of fused-ring (bicyclic) bond motifs is 2. The summed E-state index contributed by atoms with van der Waals surface area (Å²) >= 11 is 4.27. The van der Waals surface area contributed by atoms with Gasteiger partial charge in [-0.1, -0.05) is 54.0 Å². The SMILES string of the molecule is CCCC(=O)Oc1c2c(c(OC(C)=O)c3c1SC(=C(C#N)C#N)S3)SC(=C(C#N)C#N)S2. The lowest BCUT2D eigenvalue weighted by molar-refractivity contribution is -0.135. The fraction of sp³-hybridized carbons (Fsp3) is 0.200. The number of carbonyl (C=O) groups is 2. The third-order valence-corrected chi connectivity index (χ3v) is 8.98. The maximum Gasteiger partial charge on any atom is 0.311 e. The van der Waals surface area contributed by atoms with Crippen LogP contribution in [0.2, 0.25) is 0 Å². The summed E-state index contributed by atoms with van der Waals surface area (Å²) in [6, 6.07) is 7.34. The molecule has 1 aromatic rings. The Hall–Kier alpha value is -3.00. The second kappa shape index (κ2) is 10.1. The molecule has 12 heteroatoms. The third kappa shape index (κ3) is 4.46. The highest BCUT2D eigenvalue weighted by Crippen LogP contribution is 2.68. The van der Waals surface area contributed by atoms with Gasteiger partial charge >= 0.3 is 11.9 Å². The van der Waals surface area contributed by atoms with E-state index in [-0.39, 0.29) is 29.1 Å². The van der Waals surface area contributed by atoms with Crippen molar-refractivity contribution >= 4 is 59.0 Å². The number of ether oxygens (including phenoxy) is 2. The van der Waals surface area contributed by atoms with Crippen molar-refractivity contribution in [2.75, 3.05) is 0 Å². The molecule has 32 heavy (non-hydrogen) atoms. The van der Waals surface area contributed by atoms with Crippen LogP contribution in [-0.4, -0.2) is 11.9 Å². The summed E-state index contributed by atoms with van der Waals surface area (Å²) in [5.74, 6) is -0.722. The molecule has 0 aromatic heterocycles. The van der Waals surface area contributed by atoms with Gasteiger partial charge in [0, 0.05) is 13.3 Å². The maximum atomic E-state index is 12.4. The number of nitriles is 4. The summed E-state index contributed by atoms with van der Waals surface area (Å²) in [7, 11) is 0. The number of carbonyl (C=O) groups excluding carboxylic acids is 2. The highest BCUT2D eigenvalue weighted by Gasteiger charge is 2.39. The van der Waals surface area contributed by atoms with Gasteiger partial charge in [-0.2, -0.15) is 21.0 Å². The van der Waals surface area contributed by atoms with E-state index in [0.29, 0.717) is 34.5 Å². The van der Waals surface area contributed by atoms with Crippen LogP contribution >= 0.6 is 47.0 Å². The number of rotatable bonds is 4. The molecule has 0 fully saturated rings. The van der Waals surface area contributed by atoms with Gasteiger partial charge in [0.25, 0.3) is 0 Å². The van der Waals surface area contributed by atoms with Crippen LogP contribution in [-0.2, 0) is 9.59 Å². The molecule has 158 valence electrons. The summed E-state index contributed by atoms with van der Waals surface area (Å²) in [5, 5.41) is 37.1. The van der Waals surface area contributed by atoms with E-state index in [2.05, 4.69) is 0 Å². The predicted molar refractivity (Wildman–Crippen MR) is 118 cm³/mol. The highest BCUT2D eigenvalue weighted by atomic mass is 32.2. The molecule has 0 N–H and O–H groups in total. The lowest BCUT2D eigenvalue weighted by Crippen LogP contribution is -2.10. The first-order chi connectivity index (χ1) is 15.4. The quantitative estimate of drug-likeness (QED) is 0.304. The molecule has 1 aromatic carbocycles. The van der Waals surface area contributed by atoms with E-state index < -0.39 is 11.9 Å². The number of hydrogen-bond acceptors (Lipinski definition) is 12. The van der Waals surface area contributed by atoms with Gasteiger partial charge in [-0.25, -0.2) is 0 Å². The Labute approximate surface area is 200 Å². The van der Waals surface area contributed by atoms with E-state index in [0.717, 1.165) is 47.0 Å². The summed E-state index contributed by atoms with van der Waals surface area (Å²) in [6.45, 7) is 3.06. The van der Waals surface area contributed by atoms with E-state index >= 15 is 0 Å². The van der Waals surface area contributed by atoms with Crippen LogP contribution in [0.5, 0.6) is 11.5 Å². The first-order valence-electron chi connectivity index (χ1n) is 8.81. The molecular formula is C20H10N4O4S4. The molecule has 0 radical (unpaired) electrons. The third-order valence-electron chi connectivity index (χ3n) is 3.79. The average molecular weight is 499 g/mol. The molecule has 3 rings (SSSR count). The number of allylic oxidation sites excluding steroid dienone is 2. The first-order valence-corrected chi connectivity index (χ1v) is 12.1. The number of nitrogens with zero attached hydrogens (tertiary/aromatic N) is 4. The Morgan fingerprint density at radius 3 is 1.44 bits per heavy atom. The standard InChI is InChI=1S/C20H10N4O4S4/c1-3-4-12(26)28-14-17-15(29-19(31-17)10(5-21)6-22)13(27-9(2)25)16-18(14)32-20(30-16)11(7-23)8-24/h3-4H2,1-2H3. The molecule has 0 bridgehead atoms. The summed E-state index contributed by atoms with van der Waals surface area (Å²) in [6.07, 6.45) is 0.731. The summed E-state index contributed by atoms with van der Waals surface area (Å²) < 4.78 is 11.9. The lowest BCUT2D eigenvalue weighted by atomic mass is 10.3. The van der Waals surface area contributed by atoms with Crippen LogP contribution in [0.15, 0.2) is 39.2 Å². The molecule has 0 amide bonds. The van der Waals surface area contributed by atoms with Crippen molar-refractivity contribution in [1.82, 2.24) is 0 Å². The molecule has 2 aliphatic rings. The average Bonchev–Trinajstić information content (AvgIpc) is 3.38. The van der Waals surface area contributed by atoms with Crippen LogP contribution in [0.4, 0.5) is 0 Å². The van der Waals surface area contributed by atoms with Gasteiger partial charge in [0.2, 0.25) is 0 Å². The Morgan fingerprint density at radius 1 is 0.750 bits per heavy atom. The molecule has 0 atom stereocenters. The molecule has 2 aliphatic heterocycles. The van der Waals surface area contributed by atoms with Crippen molar-refractivity contribution in [3.63, 3.8) is 0 Å². The van der Waals surface area contributed by atoms with E-state index in [4.69, 9.17) is 9.47 Å². The lowest BCUT2D eigenvalue weighted by Gasteiger charge is -2.15. The smallest absolute Gasteiger partial charge is 0.311 e. The van der Waals surface area contributed by atoms with Gasteiger partial charge in [-0.3, -0.25) is 9.59 Å². The molecular weight excluding hydrogens is 489 g/mol. The van der Waals surface area contributed by atoms with Crippen molar-refractivity contribution in [1.29, 1.82) is 21.0 Å². The van der Waals surface area contributed by atoms with Crippen molar-refractivity contribution in [3.8, 4) is 35.8 Å². The second-order valence-electron chi connectivity index (χ2n) is 5.97. The zero-order chi connectivity index (χ0) is 23.4. The monoisotopic (exact) mass is 498 g/mol. The van der Waals surface area contributed by atoms with Gasteiger partial charge in [-0.05, 0) is 6.42 Å². The molecule has 0 unspecified atom stereocenters. The molecule has 0 saturated heterocycles. The maximum absolute atomic E-state index is 12.4. The van der Waals surface area contributed by atoms with Crippen molar-refractivity contribution in [2.24, 2.45) is 0 Å².